The first-order valence-electron chi connectivity index (χ1n) is 15.0. The van der Waals surface area contributed by atoms with Gasteiger partial charge in [0.2, 0.25) is 0 Å². The van der Waals surface area contributed by atoms with Crippen molar-refractivity contribution in [2.45, 2.75) is 134 Å². The van der Waals surface area contributed by atoms with E-state index in [1.54, 1.807) is 0 Å². The zero-order chi connectivity index (χ0) is 26.8. The number of halogens is 1. The topological polar surface area (TPSA) is 38.8 Å². The van der Waals surface area contributed by atoms with Gasteiger partial charge in [-0.25, -0.2) is 0 Å². The maximum absolute atomic E-state index is 13.1. The van der Waals surface area contributed by atoms with Crippen LogP contribution in [-0.2, 0) is 4.79 Å². The molecule has 4 nitrogen and oxygen atoms in total. The number of thioether (sulfide) groups is 1. The van der Waals surface area contributed by atoms with Gasteiger partial charge in [-0.3, -0.25) is 4.79 Å². The van der Waals surface area contributed by atoms with E-state index in [1.165, 1.54) is 57.2 Å². The van der Waals surface area contributed by atoms with E-state index in [9.17, 15) is 4.79 Å². The van der Waals surface area contributed by atoms with Crippen LogP contribution in [0.3, 0.4) is 0 Å². The molecule has 2 fully saturated rings. The predicted octanol–water partition coefficient (Wildman–Crippen LogP) is 8.90. The van der Waals surface area contributed by atoms with Gasteiger partial charge < -0.3 is 14.4 Å². The van der Waals surface area contributed by atoms with Crippen molar-refractivity contribution in [1.29, 1.82) is 0 Å². The molecule has 0 amide bonds. The minimum atomic E-state index is -0.262. The second-order valence-corrected chi connectivity index (χ2v) is 15.0. The summed E-state index contributed by atoms with van der Waals surface area (Å²) >= 11 is 2.03. The number of benzene rings is 1. The first kappa shape index (κ1) is 31.8. The fraction of sp³-hybridized carbons (Fsp3) is 0.781. The molecule has 38 heavy (non-hydrogen) atoms. The quantitative estimate of drug-likeness (QED) is 0.142. The molecule has 0 radical (unpaired) electrons. The molecule has 3 heterocycles. The van der Waals surface area contributed by atoms with E-state index in [1.807, 2.05) is 11.8 Å². The number of carbonyl (C=O) groups excluding carboxylic acids is 1. The van der Waals surface area contributed by atoms with Crippen molar-refractivity contribution < 1.29 is 14.3 Å². The molecule has 4 atom stereocenters. The number of ether oxygens (including phenoxy) is 2. The molecule has 3 aliphatic heterocycles. The molecule has 0 aliphatic carbocycles. The van der Waals surface area contributed by atoms with E-state index in [-0.39, 0.29) is 33.3 Å². The van der Waals surface area contributed by atoms with Crippen LogP contribution < -0.4 is 9.47 Å². The molecule has 0 N–H and O–H groups in total. The molecule has 216 valence electrons. The molecular formula is C32H52BrNO3S. The van der Waals surface area contributed by atoms with Crippen molar-refractivity contribution in [3.8, 4) is 11.5 Å². The number of hydrogen-bond donors (Lipinski definition) is 0. The minimum absolute atomic E-state index is 0. The highest BCUT2D eigenvalue weighted by atomic mass is 79.9. The average molecular weight is 611 g/mol. The van der Waals surface area contributed by atoms with Gasteiger partial charge in [-0.1, -0.05) is 60.3 Å². The average Bonchev–Trinajstić information content (AvgIpc) is 3.45. The largest absolute Gasteiger partial charge is 0.486 e. The summed E-state index contributed by atoms with van der Waals surface area (Å²) in [5.74, 6) is 2.88. The van der Waals surface area contributed by atoms with Gasteiger partial charge in [-0.05, 0) is 88.7 Å². The van der Waals surface area contributed by atoms with Crippen molar-refractivity contribution >= 4 is 34.7 Å². The third-order valence-corrected chi connectivity index (χ3v) is 11.0. The highest BCUT2D eigenvalue weighted by molar-refractivity contribution is 8.93. The zero-order valence-electron chi connectivity index (χ0n) is 24.9. The number of unbranched alkanes of at least 4 members (excludes halogenated alkanes) is 2. The van der Waals surface area contributed by atoms with Gasteiger partial charge in [-0.2, -0.15) is 0 Å². The number of rotatable bonds is 11. The molecule has 0 spiro atoms. The van der Waals surface area contributed by atoms with Crippen LogP contribution in [0, 0.1) is 5.92 Å². The van der Waals surface area contributed by atoms with E-state index < -0.39 is 0 Å². The molecule has 0 bridgehead atoms. The number of likely N-dealkylation sites (tertiary alicyclic amines) is 1. The van der Waals surface area contributed by atoms with Crippen LogP contribution in [0.2, 0.25) is 0 Å². The van der Waals surface area contributed by atoms with Gasteiger partial charge in [0, 0.05) is 22.6 Å². The monoisotopic (exact) mass is 609 g/mol. The van der Waals surface area contributed by atoms with Gasteiger partial charge in [0.05, 0.1) is 5.25 Å². The Hall–Kier alpha value is -0.720. The molecular weight excluding hydrogens is 558 g/mol. The molecule has 0 aromatic heterocycles. The molecule has 6 heteroatoms. The third kappa shape index (κ3) is 7.51. The van der Waals surface area contributed by atoms with E-state index in [2.05, 4.69) is 65.5 Å². The van der Waals surface area contributed by atoms with Crippen LogP contribution in [0.25, 0.3) is 0 Å². The Bertz CT molecular complexity index is 943. The van der Waals surface area contributed by atoms with Crippen molar-refractivity contribution in [1.82, 2.24) is 4.90 Å². The van der Waals surface area contributed by atoms with Gasteiger partial charge >= 0.3 is 5.97 Å². The number of nitrogens with zero attached hydrogens (tertiary/aromatic N) is 1. The Balaban J connectivity index is 0.00000400. The Morgan fingerprint density at radius 3 is 2.53 bits per heavy atom. The first-order chi connectivity index (χ1) is 17.5. The zero-order valence-corrected chi connectivity index (χ0v) is 27.5. The second-order valence-electron chi connectivity index (χ2n) is 13.1. The van der Waals surface area contributed by atoms with E-state index in [4.69, 9.17) is 9.47 Å². The van der Waals surface area contributed by atoms with E-state index in [0.717, 1.165) is 36.4 Å². The second kappa shape index (κ2) is 13.3. The Morgan fingerprint density at radius 2 is 1.84 bits per heavy atom. The van der Waals surface area contributed by atoms with Crippen LogP contribution in [0.1, 0.15) is 129 Å². The molecule has 0 saturated carbocycles. The number of carbonyl (C=O) groups is 1. The number of fused-ring (bicyclic) bond motifs is 3. The van der Waals surface area contributed by atoms with Crippen molar-refractivity contribution in [3.63, 3.8) is 0 Å². The fourth-order valence-corrected chi connectivity index (χ4v) is 8.36. The summed E-state index contributed by atoms with van der Waals surface area (Å²) < 4.78 is 13.2. The SMILES string of the molecule is Br.CCCCCC(C)C(C)c1cc(OC(=O)CCCN2CCCC2)c2c(c1)OC(C)(C)C1SC(C)(C)CC21. The molecule has 4 unspecified atom stereocenters. The Morgan fingerprint density at radius 1 is 1.13 bits per heavy atom. The van der Waals surface area contributed by atoms with Crippen molar-refractivity contribution in [3.05, 3.63) is 23.3 Å². The Kier molecular flexibility index (Phi) is 11.1. The number of esters is 1. The fourth-order valence-electron chi connectivity index (χ4n) is 6.67. The third-order valence-electron chi connectivity index (χ3n) is 9.00. The van der Waals surface area contributed by atoms with Gasteiger partial charge in [0.15, 0.2) is 0 Å². The van der Waals surface area contributed by atoms with Crippen molar-refractivity contribution in [2.75, 3.05) is 19.6 Å². The van der Waals surface area contributed by atoms with E-state index >= 15 is 0 Å². The van der Waals surface area contributed by atoms with Crippen molar-refractivity contribution in [2.24, 2.45) is 5.92 Å². The lowest BCUT2D eigenvalue weighted by atomic mass is 9.77. The van der Waals surface area contributed by atoms with E-state index in [0.29, 0.717) is 29.4 Å². The first-order valence-corrected chi connectivity index (χ1v) is 15.9. The standard InChI is InChI=1S/C32H51NO3S.BrH/c1-8-9-10-14-22(2)23(3)24-19-26(35-28(34)15-13-18-33-16-11-12-17-33)29-25-21-31(4,5)37-30(25)32(6,7)36-27(29)20-24;/h19-20,22-23,25,30H,8-18,21H2,1-7H3;1H. The maximum atomic E-state index is 13.1. The summed E-state index contributed by atoms with van der Waals surface area (Å²) in [5, 5.41) is 0.346. The smallest absolute Gasteiger partial charge is 0.311 e. The predicted molar refractivity (Wildman–Crippen MR) is 167 cm³/mol. The summed E-state index contributed by atoms with van der Waals surface area (Å²) in [6, 6.07) is 4.46. The number of hydrogen-bond acceptors (Lipinski definition) is 5. The summed E-state index contributed by atoms with van der Waals surface area (Å²) in [6.07, 6.45) is 10.0. The molecule has 2 saturated heterocycles. The van der Waals surface area contributed by atoms with Gasteiger partial charge in [0.1, 0.15) is 17.1 Å². The van der Waals surface area contributed by atoms with Crippen LogP contribution >= 0.6 is 28.7 Å². The molecule has 1 aromatic carbocycles. The lowest BCUT2D eigenvalue weighted by Crippen LogP contribution is -2.45. The lowest BCUT2D eigenvalue weighted by Gasteiger charge is -2.42. The molecule has 3 aliphatic rings. The lowest BCUT2D eigenvalue weighted by molar-refractivity contribution is -0.134. The summed E-state index contributed by atoms with van der Waals surface area (Å²) in [7, 11) is 0. The normalized spacial score (nSPS) is 25.0. The van der Waals surface area contributed by atoms with Crippen LogP contribution in [0.5, 0.6) is 11.5 Å². The van der Waals surface area contributed by atoms with Crippen LogP contribution in [0.15, 0.2) is 12.1 Å². The minimum Gasteiger partial charge on any atom is -0.486 e. The highest BCUT2D eigenvalue weighted by Crippen LogP contribution is 2.61. The molecule has 1 aromatic rings. The van der Waals surface area contributed by atoms with Crippen LogP contribution in [0.4, 0.5) is 0 Å². The summed E-state index contributed by atoms with van der Waals surface area (Å²) in [5.41, 5.74) is 2.11. The highest BCUT2D eigenvalue weighted by Gasteiger charge is 2.53. The van der Waals surface area contributed by atoms with Gasteiger partial charge in [-0.15, -0.1) is 28.7 Å². The van der Waals surface area contributed by atoms with Crippen LogP contribution in [-0.4, -0.2) is 46.1 Å². The summed E-state index contributed by atoms with van der Waals surface area (Å²) in [4.78, 5) is 15.6. The molecule has 4 rings (SSSR count). The van der Waals surface area contributed by atoms with Gasteiger partial charge in [0.25, 0.3) is 0 Å². The maximum Gasteiger partial charge on any atom is 0.311 e. The Labute approximate surface area is 247 Å². The summed E-state index contributed by atoms with van der Waals surface area (Å²) in [6.45, 7) is 19.4.